The summed E-state index contributed by atoms with van der Waals surface area (Å²) in [7, 11) is -0.958. The molecule has 0 bridgehead atoms. The summed E-state index contributed by atoms with van der Waals surface area (Å²) in [6.07, 6.45) is 0.737. The van der Waals surface area contributed by atoms with Gasteiger partial charge in [-0.15, -0.1) is 0 Å². The van der Waals surface area contributed by atoms with Gasteiger partial charge in [0.1, 0.15) is 0 Å². The highest BCUT2D eigenvalue weighted by atomic mass is 35.5. The van der Waals surface area contributed by atoms with Crippen molar-refractivity contribution in [1.82, 2.24) is 0 Å². The van der Waals surface area contributed by atoms with Crippen LogP contribution in [0.25, 0.3) is 0 Å². The van der Waals surface area contributed by atoms with E-state index in [0.717, 1.165) is 12.0 Å². The van der Waals surface area contributed by atoms with Gasteiger partial charge >= 0.3 is 0 Å². The minimum absolute atomic E-state index is 0.0652. The number of hydrogen-bond donors (Lipinski definition) is 1. The maximum Gasteiger partial charge on any atom is 0.0992 e. The van der Waals surface area contributed by atoms with Crippen LogP contribution in [0.1, 0.15) is 24.5 Å². The van der Waals surface area contributed by atoms with Crippen molar-refractivity contribution in [2.24, 2.45) is 5.73 Å². The molecule has 0 radical (unpaired) electrons. The third kappa shape index (κ3) is 4.86. The average Bonchev–Trinajstić information content (AvgIpc) is 2.29. The molecule has 0 aliphatic carbocycles. The van der Waals surface area contributed by atoms with Crippen LogP contribution in [0.15, 0.2) is 18.2 Å². The molecule has 0 aliphatic heterocycles. The lowest BCUT2D eigenvalue weighted by Gasteiger charge is -2.06. The highest BCUT2D eigenvalue weighted by Crippen LogP contribution is 2.19. The Bertz CT molecular complexity index is 454. The molecule has 2 N–H and O–H groups in total. The SMILES string of the molecule is CC(N)CCS(=O)Cc1ccc(C#N)cc1Cl. The van der Waals surface area contributed by atoms with E-state index in [9.17, 15) is 4.21 Å². The Morgan fingerprint density at radius 3 is 2.82 bits per heavy atom. The minimum atomic E-state index is -0.958. The number of halogens is 1. The Morgan fingerprint density at radius 1 is 1.59 bits per heavy atom. The van der Waals surface area contributed by atoms with Crippen LogP contribution in [-0.4, -0.2) is 16.0 Å². The first-order valence-electron chi connectivity index (χ1n) is 5.32. The summed E-state index contributed by atoms with van der Waals surface area (Å²) in [6, 6.07) is 7.11. The fraction of sp³-hybridized carbons (Fsp3) is 0.417. The van der Waals surface area contributed by atoms with E-state index in [1.807, 2.05) is 13.0 Å². The molecule has 92 valence electrons. The van der Waals surface area contributed by atoms with Crippen LogP contribution in [0.3, 0.4) is 0 Å². The normalized spacial score (nSPS) is 14.0. The van der Waals surface area contributed by atoms with Gasteiger partial charge < -0.3 is 5.73 Å². The molecular weight excluding hydrogens is 256 g/mol. The lowest BCUT2D eigenvalue weighted by molar-refractivity contribution is 0.667. The zero-order valence-electron chi connectivity index (χ0n) is 9.65. The van der Waals surface area contributed by atoms with Crippen molar-refractivity contribution >= 4 is 22.4 Å². The maximum absolute atomic E-state index is 11.8. The molecule has 0 spiro atoms. The summed E-state index contributed by atoms with van der Waals surface area (Å²) in [4.78, 5) is 0. The summed E-state index contributed by atoms with van der Waals surface area (Å²) < 4.78 is 11.8. The molecule has 17 heavy (non-hydrogen) atoms. The van der Waals surface area contributed by atoms with Gasteiger partial charge in [0.25, 0.3) is 0 Å². The van der Waals surface area contributed by atoms with Gasteiger partial charge in [-0.3, -0.25) is 4.21 Å². The number of hydrogen-bond acceptors (Lipinski definition) is 3. The Labute approximate surface area is 109 Å². The Balaban J connectivity index is 2.63. The lowest BCUT2D eigenvalue weighted by atomic mass is 10.2. The second-order valence-electron chi connectivity index (χ2n) is 3.97. The number of rotatable bonds is 5. The van der Waals surface area contributed by atoms with Crippen LogP contribution < -0.4 is 5.73 Å². The summed E-state index contributed by atoms with van der Waals surface area (Å²) in [6.45, 7) is 1.89. The third-order valence-electron chi connectivity index (χ3n) is 2.30. The Hall–Kier alpha value is -0.890. The second-order valence-corrected chi connectivity index (χ2v) is 5.96. The zero-order chi connectivity index (χ0) is 12.8. The minimum Gasteiger partial charge on any atom is -0.328 e. The highest BCUT2D eigenvalue weighted by molar-refractivity contribution is 7.84. The first kappa shape index (κ1) is 14.2. The molecule has 0 fully saturated rings. The van der Waals surface area contributed by atoms with Crippen molar-refractivity contribution in [1.29, 1.82) is 5.26 Å². The molecule has 1 aromatic rings. The molecule has 1 rings (SSSR count). The molecule has 0 saturated carbocycles. The quantitative estimate of drug-likeness (QED) is 0.892. The molecule has 3 nitrogen and oxygen atoms in total. The van der Waals surface area contributed by atoms with Crippen molar-refractivity contribution in [3.8, 4) is 6.07 Å². The van der Waals surface area contributed by atoms with Crippen molar-refractivity contribution < 1.29 is 4.21 Å². The summed E-state index contributed by atoms with van der Waals surface area (Å²) in [5, 5.41) is 9.20. The maximum atomic E-state index is 11.8. The topological polar surface area (TPSA) is 66.9 Å². The molecule has 1 aromatic carbocycles. The summed E-state index contributed by atoms with van der Waals surface area (Å²) in [5.41, 5.74) is 6.93. The van der Waals surface area contributed by atoms with Crippen LogP contribution in [0.2, 0.25) is 5.02 Å². The molecule has 2 atom stereocenters. The van der Waals surface area contributed by atoms with Gasteiger partial charge in [-0.1, -0.05) is 17.7 Å². The molecule has 0 amide bonds. The number of nitrogens with zero attached hydrogens (tertiary/aromatic N) is 1. The van der Waals surface area contributed by atoms with Crippen LogP contribution in [0.4, 0.5) is 0 Å². The Kier molecular flexibility index (Phi) is 5.63. The smallest absolute Gasteiger partial charge is 0.0992 e. The summed E-state index contributed by atoms with van der Waals surface area (Å²) in [5.74, 6) is 0.991. The van der Waals surface area contributed by atoms with Gasteiger partial charge in [-0.05, 0) is 31.0 Å². The number of benzene rings is 1. The predicted octanol–water partition coefficient (Wildman–Crippen LogP) is 2.20. The zero-order valence-corrected chi connectivity index (χ0v) is 11.2. The Morgan fingerprint density at radius 2 is 2.29 bits per heavy atom. The van der Waals surface area contributed by atoms with Gasteiger partial charge in [-0.25, -0.2) is 0 Å². The van der Waals surface area contributed by atoms with E-state index < -0.39 is 10.8 Å². The van der Waals surface area contributed by atoms with Crippen molar-refractivity contribution in [3.05, 3.63) is 34.3 Å². The average molecular weight is 271 g/mol. The molecule has 2 unspecified atom stereocenters. The van der Waals surface area contributed by atoms with Crippen molar-refractivity contribution in [2.75, 3.05) is 5.75 Å². The first-order chi connectivity index (χ1) is 8.02. The molecular formula is C12H15ClN2OS. The van der Waals surface area contributed by atoms with Crippen molar-refractivity contribution in [3.63, 3.8) is 0 Å². The lowest BCUT2D eigenvalue weighted by Crippen LogP contribution is -2.18. The van der Waals surface area contributed by atoms with E-state index >= 15 is 0 Å². The highest BCUT2D eigenvalue weighted by Gasteiger charge is 2.07. The van der Waals surface area contributed by atoms with E-state index in [1.54, 1.807) is 18.2 Å². The van der Waals surface area contributed by atoms with E-state index in [-0.39, 0.29) is 6.04 Å². The molecule has 0 aromatic heterocycles. The van der Waals surface area contributed by atoms with Crippen LogP contribution in [0.5, 0.6) is 0 Å². The van der Waals surface area contributed by atoms with E-state index in [1.165, 1.54) is 0 Å². The van der Waals surface area contributed by atoms with E-state index in [0.29, 0.717) is 22.1 Å². The molecule has 0 aliphatic rings. The second kappa shape index (κ2) is 6.75. The van der Waals surface area contributed by atoms with Gasteiger partial charge in [0.2, 0.25) is 0 Å². The fourth-order valence-electron chi connectivity index (χ4n) is 1.30. The largest absolute Gasteiger partial charge is 0.328 e. The van der Waals surface area contributed by atoms with Gasteiger partial charge in [-0.2, -0.15) is 5.26 Å². The van der Waals surface area contributed by atoms with Gasteiger partial charge in [0.05, 0.1) is 11.6 Å². The predicted molar refractivity (Wildman–Crippen MR) is 71.1 cm³/mol. The van der Waals surface area contributed by atoms with Crippen molar-refractivity contribution in [2.45, 2.75) is 25.1 Å². The van der Waals surface area contributed by atoms with Gasteiger partial charge in [0, 0.05) is 33.4 Å². The number of nitriles is 1. The monoisotopic (exact) mass is 270 g/mol. The number of nitrogens with two attached hydrogens (primary N) is 1. The molecule has 0 saturated heterocycles. The third-order valence-corrected chi connectivity index (χ3v) is 3.98. The van der Waals surface area contributed by atoms with Crippen LogP contribution in [0, 0.1) is 11.3 Å². The van der Waals surface area contributed by atoms with E-state index in [4.69, 9.17) is 22.6 Å². The van der Waals surface area contributed by atoms with Crippen LogP contribution >= 0.6 is 11.6 Å². The molecule has 5 heteroatoms. The van der Waals surface area contributed by atoms with E-state index in [2.05, 4.69) is 0 Å². The summed E-state index contributed by atoms with van der Waals surface area (Å²) >= 11 is 6.00. The van der Waals surface area contributed by atoms with Crippen LogP contribution in [-0.2, 0) is 16.6 Å². The fourth-order valence-corrected chi connectivity index (χ4v) is 3.00. The molecule has 0 heterocycles. The van der Waals surface area contributed by atoms with Gasteiger partial charge in [0.15, 0.2) is 0 Å². The standard InChI is InChI=1S/C12H15ClN2OS/c1-9(15)4-5-17(16)8-11-3-2-10(7-14)6-12(11)13/h2-3,6,9H,4-5,8,15H2,1H3. The first-order valence-corrected chi connectivity index (χ1v) is 7.18.